The fourth-order valence-electron chi connectivity index (χ4n) is 3.01. The minimum Gasteiger partial charge on any atom is -0.293 e. The van der Waals surface area contributed by atoms with E-state index in [9.17, 15) is 23.2 Å². The third-order valence-corrected chi connectivity index (χ3v) is 5.22. The molecule has 0 spiro atoms. The predicted molar refractivity (Wildman–Crippen MR) is 110 cm³/mol. The zero-order chi connectivity index (χ0) is 22.0. The maximum atomic E-state index is 13.9. The number of hydroxylamine groups is 2. The Labute approximate surface area is 178 Å². The molecule has 0 saturated carbocycles. The molecule has 0 bridgehead atoms. The van der Waals surface area contributed by atoms with Crippen molar-refractivity contribution in [2.45, 2.75) is 19.5 Å². The van der Waals surface area contributed by atoms with Gasteiger partial charge in [0.1, 0.15) is 0 Å². The maximum Gasteiger partial charge on any atom is 0.331 e. The van der Waals surface area contributed by atoms with Crippen molar-refractivity contribution >= 4 is 32.7 Å². The number of carbonyl (C=O) groups is 1. The quantitative estimate of drug-likeness (QED) is 0.507. The van der Waals surface area contributed by atoms with Gasteiger partial charge in [-0.05, 0) is 23.8 Å². The number of fused-ring (bicyclic) bond motifs is 1. The van der Waals surface area contributed by atoms with Crippen molar-refractivity contribution in [2.75, 3.05) is 14.2 Å². The first-order valence-electron chi connectivity index (χ1n) is 8.90. The molecular formula is C20H18BrF2N3O4. The van der Waals surface area contributed by atoms with Crippen molar-refractivity contribution in [3.05, 3.63) is 78.9 Å². The number of benzene rings is 2. The standard InChI is InChI=1S/C20H18BrF2N3O4/c1-24(30-2)18(27)7-8-25-17-10-16(23)15(22)9-14(17)19(28)26(20(25)29)11-12-3-5-13(21)6-4-12/h3-6,9-10H,7-8,11H2,1-2H3. The average molecular weight is 482 g/mol. The normalized spacial score (nSPS) is 11.1. The molecule has 0 saturated heterocycles. The number of rotatable bonds is 6. The van der Waals surface area contributed by atoms with Crippen LogP contribution in [0.1, 0.15) is 12.0 Å². The van der Waals surface area contributed by atoms with Crippen LogP contribution in [0, 0.1) is 11.6 Å². The number of nitrogens with zero attached hydrogens (tertiary/aromatic N) is 3. The molecular weight excluding hydrogens is 464 g/mol. The first-order valence-corrected chi connectivity index (χ1v) is 9.69. The van der Waals surface area contributed by atoms with Gasteiger partial charge in [-0.2, -0.15) is 0 Å². The van der Waals surface area contributed by atoms with Crippen LogP contribution in [0.2, 0.25) is 0 Å². The highest BCUT2D eigenvalue weighted by molar-refractivity contribution is 9.10. The highest BCUT2D eigenvalue weighted by atomic mass is 79.9. The Morgan fingerprint density at radius 3 is 2.37 bits per heavy atom. The molecule has 0 aliphatic rings. The molecule has 1 amide bonds. The van der Waals surface area contributed by atoms with Gasteiger partial charge in [-0.3, -0.25) is 23.6 Å². The van der Waals surface area contributed by atoms with E-state index >= 15 is 0 Å². The second-order valence-electron chi connectivity index (χ2n) is 6.56. The smallest absolute Gasteiger partial charge is 0.293 e. The highest BCUT2D eigenvalue weighted by Crippen LogP contribution is 2.16. The summed E-state index contributed by atoms with van der Waals surface area (Å²) in [5.41, 5.74) is -0.882. The number of hydrogen-bond acceptors (Lipinski definition) is 4. The Morgan fingerprint density at radius 2 is 1.73 bits per heavy atom. The van der Waals surface area contributed by atoms with Gasteiger partial charge >= 0.3 is 5.69 Å². The van der Waals surface area contributed by atoms with Crippen LogP contribution in [0.5, 0.6) is 0 Å². The van der Waals surface area contributed by atoms with Gasteiger partial charge in [0.25, 0.3) is 5.56 Å². The third-order valence-electron chi connectivity index (χ3n) is 4.70. The van der Waals surface area contributed by atoms with Crippen LogP contribution >= 0.6 is 15.9 Å². The van der Waals surface area contributed by atoms with Gasteiger partial charge < -0.3 is 0 Å². The summed E-state index contributed by atoms with van der Waals surface area (Å²) in [5.74, 6) is -2.82. The van der Waals surface area contributed by atoms with Crippen molar-refractivity contribution < 1.29 is 18.4 Å². The molecule has 0 unspecified atom stereocenters. The minimum atomic E-state index is -1.20. The molecule has 30 heavy (non-hydrogen) atoms. The molecule has 0 atom stereocenters. The molecule has 1 aromatic heterocycles. The Balaban J connectivity index is 2.15. The van der Waals surface area contributed by atoms with Crippen LogP contribution in [0.25, 0.3) is 10.9 Å². The van der Waals surface area contributed by atoms with Crippen LogP contribution in [-0.2, 0) is 22.7 Å². The molecule has 1 heterocycles. The number of aromatic nitrogens is 2. The summed E-state index contributed by atoms with van der Waals surface area (Å²) < 4.78 is 30.6. The van der Waals surface area contributed by atoms with Gasteiger partial charge in [-0.1, -0.05) is 28.1 Å². The lowest BCUT2D eigenvalue weighted by Crippen LogP contribution is -2.41. The lowest BCUT2D eigenvalue weighted by molar-refractivity contribution is -0.168. The van der Waals surface area contributed by atoms with Crippen molar-refractivity contribution in [3.63, 3.8) is 0 Å². The summed E-state index contributed by atoms with van der Waals surface area (Å²) in [7, 11) is 2.72. The van der Waals surface area contributed by atoms with E-state index in [-0.39, 0.29) is 30.4 Å². The lowest BCUT2D eigenvalue weighted by Gasteiger charge is -2.17. The number of aryl methyl sites for hydroxylation is 1. The monoisotopic (exact) mass is 481 g/mol. The molecule has 3 aromatic rings. The minimum absolute atomic E-state index is 0.0637. The largest absolute Gasteiger partial charge is 0.331 e. The fraction of sp³-hybridized carbons (Fsp3) is 0.250. The summed E-state index contributed by atoms with van der Waals surface area (Å²) in [6, 6.07) is 8.54. The van der Waals surface area contributed by atoms with E-state index in [4.69, 9.17) is 4.84 Å². The van der Waals surface area contributed by atoms with E-state index in [0.717, 1.165) is 30.8 Å². The average Bonchev–Trinajstić information content (AvgIpc) is 2.73. The molecule has 0 radical (unpaired) electrons. The van der Waals surface area contributed by atoms with Gasteiger partial charge in [-0.25, -0.2) is 18.6 Å². The number of amides is 1. The Hall–Kier alpha value is -2.85. The number of halogens is 3. The maximum absolute atomic E-state index is 13.9. The Bertz CT molecular complexity index is 1220. The number of carbonyl (C=O) groups excluding carboxylic acids is 1. The van der Waals surface area contributed by atoms with Crippen LogP contribution in [0.15, 0.2) is 50.5 Å². The summed E-state index contributed by atoms with van der Waals surface area (Å²) in [6.07, 6.45) is -0.144. The van der Waals surface area contributed by atoms with Crippen LogP contribution in [-0.4, -0.2) is 34.3 Å². The van der Waals surface area contributed by atoms with E-state index in [1.165, 1.54) is 14.2 Å². The molecule has 0 fully saturated rings. The predicted octanol–water partition coefficient (Wildman–Crippen LogP) is 2.66. The van der Waals surface area contributed by atoms with E-state index in [0.29, 0.717) is 5.56 Å². The first kappa shape index (κ1) is 21.8. The van der Waals surface area contributed by atoms with E-state index < -0.39 is 28.8 Å². The van der Waals surface area contributed by atoms with Gasteiger partial charge in [0.2, 0.25) is 5.91 Å². The first-order chi connectivity index (χ1) is 14.2. The van der Waals surface area contributed by atoms with E-state index in [2.05, 4.69) is 15.9 Å². The molecule has 158 valence electrons. The van der Waals surface area contributed by atoms with Gasteiger partial charge in [-0.15, -0.1) is 0 Å². The Kier molecular flexibility index (Phi) is 6.47. The van der Waals surface area contributed by atoms with Crippen LogP contribution in [0.4, 0.5) is 8.78 Å². The van der Waals surface area contributed by atoms with Gasteiger partial charge in [0, 0.05) is 30.6 Å². The second-order valence-corrected chi connectivity index (χ2v) is 7.47. The Morgan fingerprint density at radius 1 is 1.10 bits per heavy atom. The summed E-state index contributed by atoms with van der Waals surface area (Å²) in [6.45, 7) is -0.209. The fourth-order valence-corrected chi connectivity index (χ4v) is 3.27. The van der Waals surface area contributed by atoms with Crippen molar-refractivity contribution in [3.8, 4) is 0 Å². The van der Waals surface area contributed by atoms with Crippen molar-refractivity contribution in [1.29, 1.82) is 0 Å². The van der Waals surface area contributed by atoms with Gasteiger partial charge in [0.05, 0.1) is 24.6 Å². The zero-order valence-electron chi connectivity index (χ0n) is 16.2. The van der Waals surface area contributed by atoms with Crippen LogP contribution in [0.3, 0.4) is 0 Å². The molecule has 0 aliphatic heterocycles. The summed E-state index contributed by atoms with van der Waals surface area (Å²) >= 11 is 3.31. The molecule has 0 N–H and O–H groups in total. The van der Waals surface area contributed by atoms with Crippen LogP contribution < -0.4 is 11.2 Å². The van der Waals surface area contributed by atoms with E-state index in [1.54, 1.807) is 24.3 Å². The second kappa shape index (κ2) is 8.88. The van der Waals surface area contributed by atoms with Crippen molar-refractivity contribution in [1.82, 2.24) is 14.2 Å². The zero-order valence-corrected chi connectivity index (χ0v) is 17.8. The topological polar surface area (TPSA) is 73.5 Å². The lowest BCUT2D eigenvalue weighted by atomic mass is 10.2. The molecule has 3 rings (SSSR count). The number of hydrogen-bond donors (Lipinski definition) is 0. The molecule has 2 aromatic carbocycles. The molecule has 7 nitrogen and oxygen atoms in total. The van der Waals surface area contributed by atoms with E-state index in [1.807, 2.05) is 0 Å². The highest BCUT2D eigenvalue weighted by Gasteiger charge is 2.18. The molecule has 10 heteroatoms. The SMILES string of the molecule is CON(C)C(=O)CCn1c(=O)n(Cc2ccc(Br)cc2)c(=O)c2cc(F)c(F)cc21. The summed E-state index contributed by atoms with van der Waals surface area (Å²) in [5, 5.41) is 0.837. The van der Waals surface area contributed by atoms with Crippen molar-refractivity contribution in [2.24, 2.45) is 0 Å². The molecule has 0 aliphatic carbocycles. The summed E-state index contributed by atoms with van der Waals surface area (Å²) in [4.78, 5) is 42.8. The third kappa shape index (κ3) is 4.34. The van der Waals surface area contributed by atoms with Gasteiger partial charge in [0.15, 0.2) is 11.6 Å².